The molecule has 0 amide bonds. The Morgan fingerprint density at radius 3 is 2.58 bits per heavy atom. The van der Waals surface area contributed by atoms with Gasteiger partial charge in [0.25, 0.3) is 0 Å². The van der Waals surface area contributed by atoms with Gasteiger partial charge in [-0.1, -0.05) is 12.8 Å². The van der Waals surface area contributed by atoms with Gasteiger partial charge >= 0.3 is 0 Å². The summed E-state index contributed by atoms with van der Waals surface area (Å²) >= 11 is 0. The summed E-state index contributed by atoms with van der Waals surface area (Å²) in [7, 11) is -2.76. The smallest absolute Gasteiger partial charge is 0.151 e. The van der Waals surface area contributed by atoms with Crippen LogP contribution < -0.4 is 10.6 Å². The third-order valence-corrected chi connectivity index (χ3v) is 6.88. The van der Waals surface area contributed by atoms with E-state index in [0.717, 1.165) is 13.0 Å². The van der Waals surface area contributed by atoms with E-state index in [9.17, 15) is 8.42 Å². The van der Waals surface area contributed by atoms with Gasteiger partial charge in [0.15, 0.2) is 9.84 Å². The molecule has 0 aromatic heterocycles. The maximum atomic E-state index is 11.5. The summed E-state index contributed by atoms with van der Waals surface area (Å²) in [6, 6.07) is 1.40. The number of sulfone groups is 1. The molecule has 0 radical (unpaired) electrons. The number of rotatable bonds is 3. The van der Waals surface area contributed by atoms with Crippen molar-refractivity contribution in [3.63, 3.8) is 0 Å². The molecule has 0 bridgehead atoms. The van der Waals surface area contributed by atoms with Crippen molar-refractivity contribution in [1.29, 1.82) is 0 Å². The van der Waals surface area contributed by atoms with Crippen molar-refractivity contribution >= 4 is 9.84 Å². The zero-order valence-corrected chi connectivity index (χ0v) is 12.4. The average molecular weight is 286 g/mol. The highest BCUT2D eigenvalue weighted by Crippen LogP contribution is 2.32. The van der Waals surface area contributed by atoms with Crippen LogP contribution in [0.4, 0.5) is 0 Å². The first-order chi connectivity index (χ1) is 9.14. The van der Waals surface area contributed by atoms with Crippen molar-refractivity contribution in [3.05, 3.63) is 0 Å². The molecule has 19 heavy (non-hydrogen) atoms. The molecule has 3 aliphatic rings. The Morgan fingerprint density at radius 2 is 1.89 bits per heavy atom. The van der Waals surface area contributed by atoms with E-state index in [-0.39, 0.29) is 6.04 Å². The topological polar surface area (TPSA) is 58.2 Å². The van der Waals surface area contributed by atoms with Crippen LogP contribution in [0.5, 0.6) is 0 Å². The predicted molar refractivity (Wildman–Crippen MR) is 77.0 cm³/mol. The zero-order valence-electron chi connectivity index (χ0n) is 11.6. The van der Waals surface area contributed by atoms with E-state index in [2.05, 4.69) is 10.6 Å². The zero-order chi connectivity index (χ0) is 13.3. The Balaban J connectivity index is 1.57. The van der Waals surface area contributed by atoms with E-state index in [1.165, 1.54) is 38.5 Å². The van der Waals surface area contributed by atoms with E-state index < -0.39 is 9.84 Å². The summed E-state index contributed by atoms with van der Waals surface area (Å²) in [5.74, 6) is 1.45. The van der Waals surface area contributed by atoms with Crippen molar-refractivity contribution < 1.29 is 8.42 Å². The lowest BCUT2D eigenvalue weighted by Crippen LogP contribution is -2.49. The molecule has 2 heterocycles. The van der Waals surface area contributed by atoms with Crippen LogP contribution in [0.1, 0.15) is 44.9 Å². The highest BCUT2D eigenvalue weighted by Gasteiger charge is 2.37. The van der Waals surface area contributed by atoms with Crippen LogP contribution in [-0.4, -0.2) is 44.6 Å². The van der Waals surface area contributed by atoms with Gasteiger partial charge in [-0.2, -0.15) is 0 Å². The van der Waals surface area contributed by atoms with Crippen molar-refractivity contribution in [1.82, 2.24) is 10.6 Å². The van der Waals surface area contributed by atoms with Gasteiger partial charge in [-0.15, -0.1) is 0 Å². The molecule has 1 saturated carbocycles. The van der Waals surface area contributed by atoms with Gasteiger partial charge in [0.1, 0.15) is 0 Å². The minimum absolute atomic E-state index is 0.208. The number of nitrogens with one attached hydrogen (secondary N) is 2. The third-order valence-electron chi connectivity index (χ3n) is 5.12. The minimum Gasteiger partial charge on any atom is -0.314 e. The highest BCUT2D eigenvalue weighted by molar-refractivity contribution is 7.91. The van der Waals surface area contributed by atoms with Crippen molar-refractivity contribution in [2.24, 2.45) is 5.92 Å². The lowest BCUT2D eigenvalue weighted by atomic mass is 9.88. The van der Waals surface area contributed by atoms with E-state index in [4.69, 9.17) is 0 Å². The van der Waals surface area contributed by atoms with E-state index >= 15 is 0 Å². The maximum Gasteiger partial charge on any atom is 0.151 e. The van der Waals surface area contributed by atoms with Gasteiger partial charge in [-0.05, 0) is 44.6 Å². The highest BCUT2D eigenvalue weighted by atomic mass is 32.2. The number of hydrogen-bond acceptors (Lipinski definition) is 4. The molecular formula is C14H26N2O2S. The van der Waals surface area contributed by atoms with E-state index in [0.29, 0.717) is 29.5 Å². The Labute approximate surface area is 116 Å². The van der Waals surface area contributed by atoms with Gasteiger partial charge in [0, 0.05) is 18.1 Å². The molecule has 0 aromatic carbocycles. The molecule has 3 rings (SSSR count). The van der Waals surface area contributed by atoms with Gasteiger partial charge in [0.05, 0.1) is 11.5 Å². The van der Waals surface area contributed by atoms with Crippen LogP contribution >= 0.6 is 0 Å². The third kappa shape index (κ3) is 3.31. The molecule has 5 heteroatoms. The largest absolute Gasteiger partial charge is 0.314 e. The molecule has 3 fully saturated rings. The van der Waals surface area contributed by atoms with Crippen LogP contribution in [0.3, 0.4) is 0 Å². The summed E-state index contributed by atoms with van der Waals surface area (Å²) in [6.45, 7) is 1.16. The molecule has 2 saturated heterocycles. The molecular weight excluding hydrogens is 260 g/mol. The van der Waals surface area contributed by atoms with Gasteiger partial charge < -0.3 is 10.6 Å². The summed E-state index contributed by atoms with van der Waals surface area (Å²) in [5.41, 5.74) is 0. The van der Waals surface area contributed by atoms with Crippen LogP contribution in [0.2, 0.25) is 0 Å². The first-order valence-corrected chi connectivity index (χ1v) is 9.66. The molecule has 4 unspecified atom stereocenters. The lowest BCUT2D eigenvalue weighted by molar-refractivity contribution is 0.249. The van der Waals surface area contributed by atoms with Crippen LogP contribution in [0, 0.1) is 5.92 Å². The number of piperidine rings is 1. The maximum absolute atomic E-state index is 11.5. The van der Waals surface area contributed by atoms with Gasteiger partial charge in [-0.3, -0.25) is 0 Å². The van der Waals surface area contributed by atoms with Crippen molar-refractivity contribution in [2.75, 3.05) is 18.1 Å². The molecule has 2 aliphatic heterocycles. The molecule has 4 nitrogen and oxygen atoms in total. The second-order valence-corrected chi connectivity index (χ2v) is 8.75. The van der Waals surface area contributed by atoms with Crippen molar-refractivity contribution in [3.8, 4) is 0 Å². The summed E-state index contributed by atoms with van der Waals surface area (Å²) < 4.78 is 23.1. The fourth-order valence-electron chi connectivity index (χ4n) is 4.15. The van der Waals surface area contributed by atoms with Crippen LogP contribution in [0.15, 0.2) is 0 Å². The lowest BCUT2D eigenvalue weighted by Gasteiger charge is -2.34. The Bertz CT molecular complexity index is 404. The van der Waals surface area contributed by atoms with E-state index in [1.807, 2.05) is 0 Å². The molecule has 2 N–H and O–H groups in total. The second-order valence-electron chi connectivity index (χ2n) is 6.52. The first-order valence-electron chi connectivity index (χ1n) is 7.84. The fraction of sp³-hybridized carbons (Fsp3) is 1.00. The Hall–Kier alpha value is -0.130. The minimum atomic E-state index is -2.76. The van der Waals surface area contributed by atoms with Crippen molar-refractivity contribution in [2.45, 2.75) is 63.1 Å². The number of hydrogen-bond donors (Lipinski definition) is 2. The molecule has 1 aliphatic carbocycles. The van der Waals surface area contributed by atoms with Gasteiger partial charge in [0.2, 0.25) is 0 Å². The van der Waals surface area contributed by atoms with Crippen LogP contribution in [-0.2, 0) is 9.84 Å². The van der Waals surface area contributed by atoms with Gasteiger partial charge in [-0.25, -0.2) is 8.42 Å². The quantitative estimate of drug-likeness (QED) is 0.815. The SMILES string of the molecule is O=S1(=O)CCC(NC2CCCC2C2CCCCN2)C1. The fourth-order valence-corrected chi connectivity index (χ4v) is 5.84. The summed E-state index contributed by atoms with van der Waals surface area (Å²) in [5, 5.41) is 7.34. The molecule has 0 spiro atoms. The first kappa shape index (κ1) is 13.8. The second kappa shape index (κ2) is 5.70. The van der Waals surface area contributed by atoms with E-state index in [1.54, 1.807) is 0 Å². The predicted octanol–water partition coefficient (Wildman–Crippen LogP) is 1.07. The average Bonchev–Trinajstić information content (AvgIpc) is 2.98. The molecule has 4 atom stereocenters. The Kier molecular flexibility index (Phi) is 4.15. The normalized spacial score (nSPS) is 42.5. The Morgan fingerprint density at radius 1 is 1.00 bits per heavy atom. The molecule has 0 aromatic rings. The van der Waals surface area contributed by atoms with Crippen LogP contribution in [0.25, 0.3) is 0 Å². The standard InChI is InChI=1S/C14H26N2O2S/c17-19(18)9-7-11(10-19)16-14-6-3-4-12(14)13-5-1-2-8-15-13/h11-16H,1-10H2. The monoisotopic (exact) mass is 286 g/mol. The summed E-state index contributed by atoms with van der Waals surface area (Å²) in [4.78, 5) is 0. The molecule has 110 valence electrons. The summed E-state index contributed by atoms with van der Waals surface area (Å²) in [6.07, 6.45) is 8.57.